The Balaban J connectivity index is 0.000000267. The SMILES string of the molecule is CNC(=O)C(N)C(C)C.CNC(=O)C(NC(=O)O[C@@H]1CC[C@]2(CO2)C([C@@]2(C)O[C@@H]2/C=C/C(C)C)[C@@H]1OC)C(C)C.CO[C@H]1C([C@@]2(C)O[C@@H]2/C=C/C(C)C)[C@]2(CC[C@H]1OC(=O)Oc1ccc([N+](=O)[O-])cc1)CO2.ClCCl. The lowest BCUT2D eigenvalue weighted by Gasteiger charge is -2.42. The maximum atomic E-state index is 12.7. The topological polar surface area (TPSA) is 270 Å². The number of nitrogens with one attached hydrogen (secondary N) is 3. The highest BCUT2D eigenvalue weighted by atomic mass is 35.5. The van der Waals surface area contributed by atoms with Crippen LogP contribution in [0.4, 0.5) is 15.3 Å². The molecule has 3 amide bonds. The molecular formula is C53H83Cl2N5O15. The summed E-state index contributed by atoms with van der Waals surface area (Å²) in [7, 11) is 6.37. The number of nitrogens with two attached hydrogens (primary N) is 1. The third-order valence-electron chi connectivity index (χ3n) is 14.6. The molecule has 2 aliphatic carbocycles. The number of carbonyl (C=O) groups excluding carboxylic acids is 4. The van der Waals surface area contributed by atoms with E-state index in [0.717, 1.165) is 12.8 Å². The fourth-order valence-electron chi connectivity index (χ4n) is 10.2. The minimum absolute atomic E-state index is 0.00947. The number of likely N-dealkylation sites (N-methyl/N-ethyl adjacent to an activating group) is 2. The number of rotatable bonds is 17. The molecular weight excluding hydrogens is 1020 g/mol. The van der Waals surface area contributed by atoms with Crippen LogP contribution in [0.2, 0.25) is 0 Å². The maximum absolute atomic E-state index is 12.7. The predicted molar refractivity (Wildman–Crippen MR) is 282 cm³/mol. The van der Waals surface area contributed by atoms with Gasteiger partial charge in [0.1, 0.15) is 70.8 Å². The van der Waals surface area contributed by atoms with E-state index in [4.69, 9.17) is 71.6 Å². The summed E-state index contributed by atoms with van der Waals surface area (Å²) in [6.45, 7) is 21.5. The molecule has 424 valence electrons. The van der Waals surface area contributed by atoms with E-state index >= 15 is 0 Å². The Morgan fingerprint density at radius 2 is 1.19 bits per heavy atom. The molecule has 14 atom stereocenters. The quantitative estimate of drug-likeness (QED) is 0.0222. The Bertz CT molecular complexity index is 2120. The van der Waals surface area contributed by atoms with Crippen LogP contribution >= 0.6 is 23.2 Å². The number of halogens is 2. The zero-order valence-corrected chi connectivity index (χ0v) is 47.6. The number of allylic oxidation sites excluding steroid dienone is 2. The maximum Gasteiger partial charge on any atom is 0.514 e. The minimum atomic E-state index is -0.879. The molecule has 4 unspecified atom stereocenters. The van der Waals surface area contributed by atoms with Gasteiger partial charge in [0.2, 0.25) is 11.8 Å². The molecule has 4 heterocycles. The summed E-state index contributed by atoms with van der Waals surface area (Å²) in [4.78, 5) is 58.2. The van der Waals surface area contributed by atoms with Gasteiger partial charge >= 0.3 is 12.2 Å². The second-order valence-corrected chi connectivity index (χ2v) is 22.3. The number of amides is 3. The summed E-state index contributed by atoms with van der Waals surface area (Å²) in [5, 5.41) is 18.7. The number of ether oxygens (including phenoxy) is 9. The molecule has 1 aromatic rings. The number of benzene rings is 1. The highest BCUT2D eigenvalue weighted by Gasteiger charge is 2.73. The van der Waals surface area contributed by atoms with Crippen LogP contribution in [0.3, 0.4) is 0 Å². The van der Waals surface area contributed by atoms with Crippen LogP contribution in [-0.2, 0) is 47.5 Å². The number of nitro groups is 1. The summed E-state index contributed by atoms with van der Waals surface area (Å²) in [5.74, 6) is 0.671. The molecule has 22 heteroatoms. The van der Waals surface area contributed by atoms with E-state index in [1.165, 1.54) is 24.3 Å². The second-order valence-electron chi connectivity index (χ2n) is 21.5. The van der Waals surface area contributed by atoms with Gasteiger partial charge in [-0.3, -0.25) is 19.7 Å². The Labute approximate surface area is 452 Å². The lowest BCUT2D eigenvalue weighted by atomic mass is 9.68. The summed E-state index contributed by atoms with van der Waals surface area (Å²) < 4.78 is 52.4. The normalized spacial score (nSPS) is 32.8. The van der Waals surface area contributed by atoms with Gasteiger partial charge in [0.25, 0.3) is 5.69 Å². The van der Waals surface area contributed by atoms with Crippen LogP contribution in [0.25, 0.3) is 0 Å². The van der Waals surface area contributed by atoms with Crippen molar-refractivity contribution in [1.29, 1.82) is 0 Å². The van der Waals surface area contributed by atoms with Crippen LogP contribution in [0.15, 0.2) is 48.6 Å². The van der Waals surface area contributed by atoms with Crippen molar-refractivity contribution in [1.82, 2.24) is 16.0 Å². The van der Waals surface area contributed by atoms with E-state index in [9.17, 15) is 29.3 Å². The van der Waals surface area contributed by atoms with Crippen LogP contribution in [0, 0.1) is 45.6 Å². The molecule has 0 bridgehead atoms. The average molecular weight is 1100 g/mol. The monoisotopic (exact) mass is 1100 g/mol. The highest BCUT2D eigenvalue weighted by Crippen LogP contribution is 2.60. The summed E-state index contributed by atoms with van der Waals surface area (Å²) in [5.41, 5.74) is 3.87. The van der Waals surface area contributed by atoms with Crippen molar-refractivity contribution in [3.8, 4) is 5.75 Å². The molecule has 20 nitrogen and oxygen atoms in total. The highest BCUT2D eigenvalue weighted by molar-refractivity contribution is 6.40. The lowest BCUT2D eigenvalue weighted by molar-refractivity contribution is -0.384. The number of non-ortho nitro benzene ring substituents is 1. The number of nitrogens with zero attached hydrogens (tertiary/aromatic N) is 1. The third-order valence-corrected chi connectivity index (χ3v) is 14.6. The fraction of sp³-hybridized carbons (Fsp3) is 0.736. The van der Waals surface area contributed by atoms with E-state index < -0.39 is 52.7 Å². The number of methoxy groups -OCH3 is 2. The van der Waals surface area contributed by atoms with Gasteiger partial charge in [-0.1, -0.05) is 79.7 Å². The zero-order chi connectivity index (χ0) is 56.2. The molecule has 1 aromatic carbocycles. The first-order valence-corrected chi connectivity index (χ1v) is 26.8. The number of alkyl halides is 2. The molecule has 4 aliphatic heterocycles. The van der Waals surface area contributed by atoms with E-state index in [1.54, 1.807) is 28.3 Å². The number of hydrogen-bond acceptors (Lipinski definition) is 16. The van der Waals surface area contributed by atoms with Crippen LogP contribution in [-0.4, -0.2) is 147 Å². The van der Waals surface area contributed by atoms with E-state index in [2.05, 4.69) is 81.8 Å². The first-order chi connectivity index (χ1) is 35.3. The number of epoxide rings is 4. The number of nitro benzene ring substituents is 1. The summed E-state index contributed by atoms with van der Waals surface area (Å²) in [6.07, 6.45) is 7.89. The Morgan fingerprint density at radius 1 is 0.760 bits per heavy atom. The van der Waals surface area contributed by atoms with Crippen molar-refractivity contribution in [2.75, 3.05) is 46.9 Å². The molecule has 0 aromatic heterocycles. The second kappa shape index (κ2) is 27.5. The molecule has 7 rings (SSSR count). The lowest BCUT2D eigenvalue weighted by Crippen LogP contribution is -2.57. The zero-order valence-electron chi connectivity index (χ0n) is 46.1. The molecule has 6 fully saturated rings. The van der Waals surface area contributed by atoms with Crippen molar-refractivity contribution in [2.45, 2.75) is 166 Å². The third kappa shape index (κ3) is 16.5. The van der Waals surface area contributed by atoms with Crippen molar-refractivity contribution in [3.05, 3.63) is 58.7 Å². The van der Waals surface area contributed by atoms with Gasteiger partial charge in [-0.05, 0) is 75.3 Å². The number of alkyl carbamates (subject to hydrolysis) is 1. The first kappa shape index (κ1) is 63.4. The fourth-order valence-corrected chi connectivity index (χ4v) is 10.2. The number of hydrogen-bond donors (Lipinski definition) is 4. The average Bonchev–Trinajstić information content (AvgIpc) is 4.25. The van der Waals surface area contributed by atoms with Crippen molar-refractivity contribution < 1.29 is 66.7 Å². The smallest absolute Gasteiger partial charge is 0.443 e. The van der Waals surface area contributed by atoms with Gasteiger partial charge in [0, 0.05) is 40.4 Å². The molecule has 4 saturated heterocycles. The molecule has 0 radical (unpaired) electrons. The molecule has 2 spiro atoms. The van der Waals surface area contributed by atoms with E-state index in [-0.39, 0.29) is 87.8 Å². The first-order valence-electron chi connectivity index (χ1n) is 25.7. The van der Waals surface area contributed by atoms with E-state index in [0.29, 0.717) is 37.9 Å². The number of carbonyl (C=O) groups is 4. The summed E-state index contributed by atoms with van der Waals surface area (Å²) in [6, 6.07) is 4.22. The van der Waals surface area contributed by atoms with Crippen LogP contribution in [0.5, 0.6) is 5.75 Å². The molecule has 2 saturated carbocycles. The van der Waals surface area contributed by atoms with Crippen LogP contribution < -0.4 is 26.4 Å². The van der Waals surface area contributed by atoms with Gasteiger partial charge in [-0.25, -0.2) is 9.59 Å². The van der Waals surface area contributed by atoms with Crippen molar-refractivity contribution in [3.63, 3.8) is 0 Å². The van der Waals surface area contributed by atoms with Gasteiger partial charge in [-0.2, -0.15) is 0 Å². The van der Waals surface area contributed by atoms with Gasteiger partial charge in [-0.15, -0.1) is 23.2 Å². The minimum Gasteiger partial charge on any atom is -0.443 e. The Hall–Kier alpha value is -4.12. The van der Waals surface area contributed by atoms with Gasteiger partial charge in [0.05, 0.1) is 41.4 Å². The molecule has 5 N–H and O–H groups in total. The predicted octanol–water partition coefficient (Wildman–Crippen LogP) is 7.60. The van der Waals surface area contributed by atoms with Gasteiger partial charge in [0.15, 0.2) is 0 Å². The Kier molecular flexibility index (Phi) is 23.2. The van der Waals surface area contributed by atoms with Crippen molar-refractivity contribution >= 4 is 53.0 Å². The van der Waals surface area contributed by atoms with Gasteiger partial charge < -0.3 is 64.3 Å². The van der Waals surface area contributed by atoms with Crippen molar-refractivity contribution in [2.24, 2.45) is 41.2 Å². The Morgan fingerprint density at radius 3 is 1.52 bits per heavy atom. The summed E-state index contributed by atoms with van der Waals surface area (Å²) >= 11 is 9.53. The molecule has 75 heavy (non-hydrogen) atoms. The van der Waals surface area contributed by atoms with Crippen LogP contribution in [0.1, 0.15) is 94.9 Å². The standard InChI is InChI=1S/C23H38N2O6.C23H29NO8.C6H14N2O.CH2Cl2/c1-13(2)8-9-16-22(5,31-16)19-18(28-7)15(10-11-23(19)12-29-23)30-21(27)25-17(14(3)4)20(26)24-6;1-14(2)5-10-18-22(3,32-18)20-19(28-4)17(11-12-23(20)13-29-23)31-21(25)30-16-8-6-15(7-9-16)24(26)27;1-4(2)5(7)6(9)8-3;2-1-3/h8-9,13-19H,10-12H2,1-7H3,(H,24,26)(H,25,27);5-10,14,17-20H,11-13H2,1-4H3;4-5H,7H2,1-3H3,(H,8,9);1H2/b9-8+;10-5+;;/t15-,16-,17?,18-,19?,22+,23+;17-,18-,19-,20?,22+,23+;;/m11../s1. The molecule has 6 aliphatic rings. The largest absolute Gasteiger partial charge is 0.514 e. The van der Waals surface area contributed by atoms with E-state index in [1.807, 2.05) is 27.7 Å².